The van der Waals surface area contributed by atoms with E-state index >= 15 is 0 Å². The summed E-state index contributed by atoms with van der Waals surface area (Å²) >= 11 is 0. The van der Waals surface area contributed by atoms with Crippen LogP contribution in [0, 0.1) is 11.8 Å². The predicted molar refractivity (Wildman–Crippen MR) is 81.9 cm³/mol. The molecule has 0 saturated heterocycles. The number of hydrogen-bond donors (Lipinski definition) is 1. The minimum atomic E-state index is 0.703. The first-order valence-electron chi connectivity index (χ1n) is 8.37. The summed E-state index contributed by atoms with van der Waals surface area (Å²) in [5.41, 5.74) is 0. The maximum atomic E-state index is 3.80. The lowest BCUT2D eigenvalue weighted by Gasteiger charge is -2.29. The molecular weight excluding hydrogens is 218 g/mol. The fraction of sp³-hybridized carbons (Fsp3) is 1.00. The summed E-state index contributed by atoms with van der Waals surface area (Å²) < 4.78 is 0. The van der Waals surface area contributed by atoms with Gasteiger partial charge in [-0.15, -0.1) is 0 Å². The average Bonchev–Trinajstić information content (AvgIpc) is 2.32. The number of nitrogens with one attached hydrogen (secondary N) is 1. The smallest absolute Gasteiger partial charge is 0.00438 e. The topological polar surface area (TPSA) is 12.0 Å². The van der Waals surface area contributed by atoms with Gasteiger partial charge >= 0.3 is 0 Å². The molecule has 0 heterocycles. The molecule has 1 fully saturated rings. The molecule has 1 N–H and O–H groups in total. The molecule has 0 aliphatic heterocycles. The molecule has 1 rings (SSSR count). The van der Waals surface area contributed by atoms with Crippen LogP contribution in [-0.2, 0) is 0 Å². The quantitative estimate of drug-likeness (QED) is 0.590. The second-order valence-corrected chi connectivity index (χ2v) is 6.83. The van der Waals surface area contributed by atoms with Crippen LogP contribution in [0.2, 0.25) is 0 Å². The van der Waals surface area contributed by atoms with Crippen molar-refractivity contribution in [3.63, 3.8) is 0 Å². The molecule has 1 nitrogen and oxygen atoms in total. The summed E-state index contributed by atoms with van der Waals surface area (Å²) in [4.78, 5) is 0. The molecule has 2 atom stereocenters. The van der Waals surface area contributed by atoms with E-state index in [1.807, 2.05) is 0 Å². The Kier molecular flexibility index (Phi) is 7.97. The molecule has 0 spiro atoms. The van der Waals surface area contributed by atoms with Crippen LogP contribution in [0.15, 0.2) is 0 Å². The Hall–Kier alpha value is -0.0400. The van der Waals surface area contributed by atoms with E-state index in [0.29, 0.717) is 12.1 Å². The molecule has 1 aliphatic carbocycles. The molecule has 1 heteroatoms. The Morgan fingerprint density at radius 2 is 1.67 bits per heavy atom. The Morgan fingerprint density at radius 1 is 1.00 bits per heavy atom. The van der Waals surface area contributed by atoms with Crippen molar-refractivity contribution in [2.75, 3.05) is 0 Å². The largest absolute Gasteiger partial charge is 0.312 e. The molecule has 0 aromatic rings. The summed E-state index contributed by atoms with van der Waals surface area (Å²) in [7, 11) is 0. The SMILES string of the molecule is CCCCCC(C)NC(C)CC1CCC(C)CC1. The third-order valence-electron chi connectivity index (χ3n) is 4.63. The molecule has 0 aromatic heterocycles. The Bertz CT molecular complexity index is 194. The first kappa shape index (κ1) is 16.0. The van der Waals surface area contributed by atoms with E-state index in [0.717, 1.165) is 11.8 Å². The van der Waals surface area contributed by atoms with E-state index in [4.69, 9.17) is 0 Å². The van der Waals surface area contributed by atoms with Gasteiger partial charge in [0.2, 0.25) is 0 Å². The van der Waals surface area contributed by atoms with Crippen molar-refractivity contribution in [1.82, 2.24) is 5.32 Å². The van der Waals surface area contributed by atoms with Crippen LogP contribution in [0.5, 0.6) is 0 Å². The normalized spacial score (nSPS) is 28.0. The molecule has 0 radical (unpaired) electrons. The fourth-order valence-electron chi connectivity index (χ4n) is 3.40. The monoisotopic (exact) mass is 253 g/mol. The van der Waals surface area contributed by atoms with Gasteiger partial charge in [0.1, 0.15) is 0 Å². The zero-order valence-corrected chi connectivity index (χ0v) is 13.2. The highest BCUT2D eigenvalue weighted by molar-refractivity contribution is 4.76. The van der Waals surface area contributed by atoms with Gasteiger partial charge in [-0.05, 0) is 38.5 Å². The average molecular weight is 253 g/mol. The number of rotatable bonds is 8. The number of hydrogen-bond acceptors (Lipinski definition) is 1. The third-order valence-corrected chi connectivity index (χ3v) is 4.63. The van der Waals surface area contributed by atoms with Crippen LogP contribution in [0.4, 0.5) is 0 Å². The van der Waals surface area contributed by atoms with Crippen molar-refractivity contribution < 1.29 is 0 Å². The molecule has 0 bridgehead atoms. The first-order valence-corrected chi connectivity index (χ1v) is 8.37. The highest BCUT2D eigenvalue weighted by atomic mass is 14.9. The molecule has 1 aliphatic rings. The summed E-state index contributed by atoms with van der Waals surface area (Å²) in [5, 5.41) is 3.80. The molecule has 2 unspecified atom stereocenters. The molecule has 108 valence electrons. The van der Waals surface area contributed by atoms with Gasteiger partial charge in [0.15, 0.2) is 0 Å². The molecule has 18 heavy (non-hydrogen) atoms. The lowest BCUT2D eigenvalue weighted by Crippen LogP contribution is -2.36. The van der Waals surface area contributed by atoms with Gasteiger partial charge in [-0.3, -0.25) is 0 Å². The molecular formula is C17H35N. The van der Waals surface area contributed by atoms with Gasteiger partial charge in [0.05, 0.1) is 0 Å². The van der Waals surface area contributed by atoms with E-state index in [1.54, 1.807) is 0 Å². The van der Waals surface area contributed by atoms with Crippen molar-refractivity contribution >= 4 is 0 Å². The van der Waals surface area contributed by atoms with Crippen LogP contribution in [0.25, 0.3) is 0 Å². The highest BCUT2D eigenvalue weighted by Gasteiger charge is 2.20. The summed E-state index contributed by atoms with van der Waals surface area (Å²) in [5.74, 6) is 1.98. The van der Waals surface area contributed by atoms with E-state index in [9.17, 15) is 0 Å². The van der Waals surface area contributed by atoms with Crippen molar-refractivity contribution in [3.8, 4) is 0 Å². The maximum Gasteiger partial charge on any atom is 0.00438 e. The maximum absolute atomic E-state index is 3.80. The highest BCUT2D eigenvalue weighted by Crippen LogP contribution is 2.31. The van der Waals surface area contributed by atoms with E-state index in [1.165, 1.54) is 57.8 Å². The fourth-order valence-corrected chi connectivity index (χ4v) is 3.40. The lowest BCUT2D eigenvalue weighted by molar-refractivity contribution is 0.251. The van der Waals surface area contributed by atoms with Gasteiger partial charge in [0, 0.05) is 12.1 Å². The van der Waals surface area contributed by atoms with Crippen LogP contribution in [0.3, 0.4) is 0 Å². The molecule has 1 saturated carbocycles. The Labute approximate surface area is 115 Å². The minimum absolute atomic E-state index is 0.703. The van der Waals surface area contributed by atoms with Crippen molar-refractivity contribution in [1.29, 1.82) is 0 Å². The first-order chi connectivity index (χ1) is 8.61. The summed E-state index contributed by atoms with van der Waals surface area (Å²) in [6.07, 6.45) is 12.7. The summed E-state index contributed by atoms with van der Waals surface area (Å²) in [6.45, 7) is 9.43. The van der Waals surface area contributed by atoms with Gasteiger partial charge in [-0.1, -0.05) is 58.8 Å². The van der Waals surface area contributed by atoms with E-state index in [2.05, 4.69) is 33.0 Å². The van der Waals surface area contributed by atoms with Crippen molar-refractivity contribution in [2.24, 2.45) is 11.8 Å². The number of unbranched alkanes of at least 4 members (excludes halogenated alkanes) is 2. The second kappa shape index (κ2) is 8.96. The second-order valence-electron chi connectivity index (χ2n) is 6.83. The van der Waals surface area contributed by atoms with E-state index < -0.39 is 0 Å². The zero-order chi connectivity index (χ0) is 13.4. The van der Waals surface area contributed by atoms with Gasteiger partial charge in [-0.25, -0.2) is 0 Å². The molecule has 0 aromatic carbocycles. The van der Waals surface area contributed by atoms with Crippen LogP contribution < -0.4 is 5.32 Å². The minimum Gasteiger partial charge on any atom is -0.312 e. The molecule has 0 amide bonds. The standard InChI is InChI=1S/C17H35N/c1-5-6-7-8-15(3)18-16(4)13-17-11-9-14(2)10-12-17/h14-18H,5-13H2,1-4H3. The van der Waals surface area contributed by atoms with Gasteiger partial charge in [0.25, 0.3) is 0 Å². The Morgan fingerprint density at radius 3 is 2.28 bits per heavy atom. The third kappa shape index (κ3) is 6.78. The zero-order valence-electron chi connectivity index (χ0n) is 13.2. The predicted octanol–water partition coefficient (Wildman–Crippen LogP) is 5.15. The lowest BCUT2D eigenvalue weighted by atomic mass is 9.80. The van der Waals surface area contributed by atoms with Crippen LogP contribution in [-0.4, -0.2) is 12.1 Å². The summed E-state index contributed by atoms with van der Waals surface area (Å²) in [6, 6.07) is 1.41. The van der Waals surface area contributed by atoms with Crippen LogP contribution in [0.1, 0.15) is 85.5 Å². The van der Waals surface area contributed by atoms with Gasteiger partial charge in [-0.2, -0.15) is 0 Å². The van der Waals surface area contributed by atoms with Crippen LogP contribution >= 0.6 is 0 Å². The van der Waals surface area contributed by atoms with E-state index in [-0.39, 0.29) is 0 Å². The van der Waals surface area contributed by atoms with Crippen molar-refractivity contribution in [2.45, 2.75) is 97.6 Å². The van der Waals surface area contributed by atoms with Crippen molar-refractivity contribution in [3.05, 3.63) is 0 Å². The Balaban J connectivity index is 2.10. The van der Waals surface area contributed by atoms with Gasteiger partial charge < -0.3 is 5.32 Å².